The second-order valence-electron chi connectivity index (χ2n) is 6.58. The van der Waals surface area contributed by atoms with Crippen molar-refractivity contribution in [3.05, 3.63) is 66.1 Å². The lowest BCUT2D eigenvalue weighted by molar-refractivity contribution is 0.0683. The molecule has 5 heteroatoms. The molecule has 0 saturated carbocycles. The standard InChI is InChI=1S/C20H20N4O/c25-20(19-4-2-10-22-23-19)24-11-7-15(8-12-24)13-16-5-6-18-17(14-16)3-1-9-21-18/h1-6,9-10,14-15H,7-8,11-13H2. The van der Waals surface area contributed by atoms with Gasteiger partial charge in [0.15, 0.2) is 5.69 Å². The van der Waals surface area contributed by atoms with E-state index in [-0.39, 0.29) is 5.91 Å². The summed E-state index contributed by atoms with van der Waals surface area (Å²) in [6.45, 7) is 1.57. The van der Waals surface area contributed by atoms with Gasteiger partial charge in [0.25, 0.3) is 5.91 Å². The maximum Gasteiger partial charge on any atom is 0.274 e. The Balaban J connectivity index is 1.37. The number of benzene rings is 1. The van der Waals surface area contributed by atoms with Gasteiger partial charge in [-0.25, -0.2) is 0 Å². The normalized spacial score (nSPS) is 15.4. The fraction of sp³-hybridized carbons (Fsp3) is 0.300. The Hall–Kier alpha value is -2.82. The zero-order valence-corrected chi connectivity index (χ0v) is 14.0. The molecule has 0 unspecified atom stereocenters. The Kier molecular flexibility index (Phi) is 4.37. The minimum Gasteiger partial charge on any atom is -0.337 e. The predicted octanol–water partition coefficient (Wildman–Crippen LogP) is 3.12. The number of rotatable bonds is 3. The zero-order valence-electron chi connectivity index (χ0n) is 14.0. The Labute approximate surface area is 146 Å². The molecule has 0 spiro atoms. The van der Waals surface area contributed by atoms with E-state index >= 15 is 0 Å². The molecule has 1 amide bonds. The van der Waals surface area contributed by atoms with Gasteiger partial charge in [0.05, 0.1) is 5.52 Å². The van der Waals surface area contributed by atoms with Gasteiger partial charge in [0.2, 0.25) is 0 Å². The second-order valence-corrected chi connectivity index (χ2v) is 6.58. The van der Waals surface area contributed by atoms with E-state index in [1.807, 2.05) is 17.2 Å². The van der Waals surface area contributed by atoms with Gasteiger partial charge >= 0.3 is 0 Å². The molecule has 1 saturated heterocycles. The first-order chi connectivity index (χ1) is 12.3. The maximum atomic E-state index is 12.4. The van der Waals surface area contributed by atoms with E-state index in [4.69, 9.17) is 0 Å². The summed E-state index contributed by atoms with van der Waals surface area (Å²) in [5, 5.41) is 8.91. The van der Waals surface area contributed by atoms with Crippen LogP contribution in [0.5, 0.6) is 0 Å². The molecule has 0 N–H and O–H groups in total. The smallest absolute Gasteiger partial charge is 0.274 e. The minimum atomic E-state index is -0.0108. The van der Waals surface area contributed by atoms with Crippen molar-refractivity contribution in [2.75, 3.05) is 13.1 Å². The van der Waals surface area contributed by atoms with Crippen molar-refractivity contribution in [2.45, 2.75) is 19.3 Å². The molecule has 0 aliphatic carbocycles. The van der Waals surface area contributed by atoms with Gasteiger partial charge in [-0.1, -0.05) is 12.1 Å². The third-order valence-corrected chi connectivity index (χ3v) is 4.88. The molecule has 0 atom stereocenters. The summed E-state index contributed by atoms with van der Waals surface area (Å²) in [5.74, 6) is 0.600. The summed E-state index contributed by atoms with van der Waals surface area (Å²) in [7, 11) is 0. The molecule has 1 aliphatic heterocycles. The monoisotopic (exact) mass is 332 g/mol. The third-order valence-electron chi connectivity index (χ3n) is 4.88. The molecule has 0 radical (unpaired) electrons. The lowest BCUT2D eigenvalue weighted by Crippen LogP contribution is -2.39. The van der Waals surface area contributed by atoms with Crippen LogP contribution >= 0.6 is 0 Å². The molecule has 4 rings (SSSR count). The van der Waals surface area contributed by atoms with Gasteiger partial charge in [-0.05, 0) is 61.1 Å². The van der Waals surface area contributed by atoms with Crippen molar-refractivity contribution in [3.63, 3.8) is 0 Å². The van der Waals surface area contributed by atoms with Crippen LogP contribution in [0.4, 0.5) is 0 Å². The van der Waals surface area contributed by atoms with Crippen molar-refractivity contribution < 1.29 is 4.79 Å². The maximum absolute atomic E-state index is 12.4. The first-order valence-electron chi connectivity index (χ1n) is 8.70. The molecule has 0 bridgehead atoms. The Morgan fingerprint density at radius 2 is 1.92 bits per heavy atom. The summed E-state index contributed by atoms with van der Waals surface area (Å²) >= 11 is 0. The van der Waals surface area contributed by atoms with E-state index in [9.17, 15) is 4.79 Å². The highest BCUT2D eigenvalue weighted by Gasteiger charge is 2.24. The second kappa shape index (κ2) is 6.97. The first kappa shape index (κ1) is 15.7. The van der Waals surface area contributed by atoms with Crippen molar-refractivity contribution in [1.82, 2.24) is 20.1 Å². The minimum absolute atomic E-state index is 0.0108. The highest BCUT2D eigenvalue weighted by Crippen LogP contribution is 2.24. The van der Waals surface area contributed by atoms with Gasteiger partial charge in [0.1, 0.15) is 0 Å². The van der Waals surface area contributed by atoms with Crippen LogP contribution in [0, 0.1) is 5.92 Å². The van der Waals surface area contributed by atoms with Crippen LogP contribution in [0.15, 0.2) is 54.9 Å². The number of carbonyl (C=O) groups excluding carboxylic acids is 1. The number of amides is 1. The number of nitrogens with zero attached hydrogens (tertiary/aromatic N) is 4. The van der Waals surface area contributed by atoms with Crippen molar-refractivity contribution in [3.8, 4) is 0 Å². The Bertz CT molecular complexity index is 873. The summed E-state index contributed by atoms with van der Waals surface area (Å²) in [6.07, 6.45) is 6.51. The number of fused-ring (bicyclic) bond motifs is 1. The molecule has 25 heavy (non-hydrogen) atoms. The van der Waals surface area contributed by atoms with Crippen molar-refractivity contribution >= 4 is 16.8 Å². The first-order valence-corrected chi connectivity index (χ1v) is 8.70. The number of piperidine rings is 1. The molecule has 1 fully saturated rings. The van der Waals surface area contributed by atoms with Gasteiger partial charge in [-0.2, -0.15) is 5.10 Å². The van der Waals surface area contributed by atoms with E-state index < -0.39 is 0 Å². The van der Waals surface area contributed by atoms with Gasteiger partial charge < -0.3 is 4.90 Å². The number of hydrogen-bond acceptors (Lipinski definition) is 4. The van der Waals surface area contributed by atoms with Crippen LogP contribution in [0.3, 0.4) is 0 Å². The fourth-order valence-corrected chi connectivity index (χ4v) is 3.50. The van der Waals surface area contributed by atoms with Crippen LogP contribution in [0.1, 0.15) is 28.9 Å². The van der Waals surface area contributed by atoms with E-state index in [1.54, 1.807) is 18.3 Å². The number of likely N-dealkylation sites (tertiary alicyclic amines) is 1. The molecule has 3 aromatic rings. The van der Waals surface area contributed by atoms with Crippen LogP contribution in [-0.2, 0) is 6.42 Å². The van der Waals surface area contributed by atoms with Crippen molar-refractivity contribution in [2.24, 2.45) is 5.92 Å². The third kappa shape index (κ3) is 3.50. The predicted molar refractivity (Wildman–Crippen MR) is 96.1 cm³/mol. The topological polar surface area (TPSA) is 59.0 Å². The summed E-state index contributed by atoms with van der Waals surface area (Å²) in [4.78, 5) is 18.7. The van der Waals surface area contributed by atoms with E-state index in [2.05, 4.69) is 39.4 Å². The van der Waals surface area contributed by atoms with Crippen molar-refractivity contribution in [1.29, 1.82) is 0 Å². The molecular weight excluding hydrogens is 312 g/mol. The Morgan fingerprint density at radius 3 is 2.72 bits per heavy atom. The van der Waals surface area contributed by atoms with Crippen LogP contribution < -0.4 is 0 Å². The van der Waals surface area contributed by atoms with E-state index in [0.717, 1.165) is 37.9 Å². The average Bonchev–Trinajstić information content (AvgIpc) is 2.69. The van der Waals surface area contributed by atoms with Gasteiger partial charge in [0, 0.05) is 30.9 Å². The van der Waals surface area contributed by atoms with E-state index in [1.165, 1.54) is 10.9 Å². The summed E-state index contributed by atoms with van der Waals surface area (Å²) < 4.78 is 0. The van der Waals surface area contributed by atoms with Gasteiger partial charge in [-0.15, -0.1) is 5.10 Å². The number of hydrogen-bond donors (Lipinski definition) is 0. The SMILES string of the molecule is O=C(c1cccnn1)N1CCC(Cc2ccc3ncccc3c2)CC1. The van der Waals surface area contributed by atoms with Crippen LogP contribution in [0.25, 0.3) is 10.9 Å². The molecule has 1 aromatic carbocycles. The lowest BCUT2D eigenvalue weighted by atomic mass is 9.89. The fourth-order valence-electron chi connectivity index (χ4n) is 3.50. The number of pyridine rings is 1. The van der Waals surface area contributed by atoms with E-state index in [0.29, 0.717) is 11.6 Å². The molecule has 5 nitrogen and oxygen atoms in total. The quantitative estimate of drug-likeness (QED) is 0.739. The molecule has 126 valence electrons. The largest absolute Gasteiger partial charge is 0.337 e. The average molecular weight is 332 g/mol. The van der Waals surface area contributed by atoms with Gasteiger partial charge in [-0.3, -0.25) is 9.78 Å². The molecule has 1 aliphatic rings. The summed E-state index contributed by atoms with van der Waals surface area (Å²) in [5.41, 5.74) is 2.82. The number of aromatic nitrogens is 3. The Morgan fingerprint density at radius 1 is 1.08 bits per heavy atom. The van der Waals surface area contributed by atoms with Crippen LogP contribution in [-0.4, -0.2) is 39.1 Å². The lowest BCUT2D eigenvalue weighted by Gasteiger charge is -2.31. The molecular formula is C20H20N4O. The highest BCUT2D eigenvalue weighted by atomic mass is 16.2. The molecule has 3 heterocycles. The number of carbonyl (C=O) groups is 1. The van der Waals surface area contributed by atoms with Crippen LogP contribution in [0.2, 0.25) is 0 Å². The molecule has 2 aromatic heterocycles. The summed E-state index contributed by atoms with van der Waals surface area (Å²) in [6, 6.07) is 14.1. The highest BCUT2D eigenvalue weighted by molar-refractivity contribution is 5.92. The zero-order chi connectivity index (χ0) is 17.1.